The number of hydrogen-bond donors (Lipinski definition) is 2. The number of carboxylic acid groups (broad SMARTS) is 1. The average Bonchev–Trinajstić information content (AvgIpc) is 2.48. The zero-order chi connectivity index (χ0) is 15.2. The lowest BCUT2D eigenvalue weighted by Gasteiger charge is -2.09. The van der Waals surface area contributed by atoms with Gasteiger partial charge in [0.1, 0.15) is 11.4 Å². The third-order valence-corrected chi connectivity index (χ3v) is 3.14. The van der Waals surface area contributed by atoms with Crippen LogP contribution in [0.4, 0.5) is 5.69 Å². The number of aromatic carboxylic acids is 1. The standard InChI is InChI=1S/C16H18N2O3/c1-2-3-4-11-5-7-12(8-6-11)21-15-14(17)13(16(19)20)9-10-18-15/h5-10H,2-4,17H2,1H3,(H,19,20). The molecule has 0 aliphatic carbocycles. The number of hydrogen-bond acceptors (Lipinski definition) is 4. The van der Waals surface area contributed by atoms with Crippen LogP contribution in [0.3, 0.4) is 0 Å². The average molecular weight is 286 g/mol. The summed E-state index contributed by atoms with van der Waals surface area (Å²) in [5.41, 5.74) is 7.01. The number of anilines is 1. The number of nitrogens with two attached hydrogens (primary N) is 1. The summed E-state index contributed by atoms with van der Waals surface area (Å²) in [6.07, 6.45) is 4.70. The molecule has 0 spiro atoms. The second-order valence-corrected chi connectivity index (χ2v) is 4.73. The smallest absolute Gasteiger partial charge is 0.338 e. The zero-order valence-electron chi connectivity index (χ0n) is 11.9. The second-order valence-electron chi connectivity index (χ2n) is 4.73. The summed E-state index contributed by atoms with van der Waals surface area (Å²) < 4.78 is 5.56. The molecule has 5 nitrogen and oxygen atoms in total. The normalized spacial score (nSPS) is 10.3. The topological polar surface area (TPSA) is 85.4 Å². The molecule has 0 aliphatic rings. The Morgan fingerprint density at radius 2 is 2.00 bits per heavy atom. The van der Waals surface area contributed by atoms with Crippen LogP contribution in [0.1, 0.15) is 35.7 Å². The van der Waals surface area contributed by atoms with E-state index in [1.165, 1.54) is 17.8 Å². The zero-order valence-corrected chi connectivity index (χ0v) is 11.9. The molecule has 0 radical (unpaired) electrons. The Hall–Kier alpha value is -2.56. The van der Waals surface area contributed by atoms with Crippen molar-refractivity contribution in [3.05, 3.63) is 47.7 Å². The van der Waals surface area contributed by atoms with Crippen molar-refractivity contribution in [1.29, 1.82) is 0 Å². The van der Waals surface area contributed by atoms with Gasteiger partial charge in [0.2, 0.25) is 5.88 Å². The van der Waals surface area contributed by atoms with Crippen LogP contribution in [0.25, 0.3) is 0 Å². The molecule has 0 saturated carbocycles. The highest BCUT2D eigenvalue weighted by molar-refractivity contribution is 5.94. The molecule has 0 aliphatic heterocycles. The minimum atomic E-state index is -1.10. The minimum absolute atomic E-state index is 0.0143. The summed E-state index contributed by atoms with van der Waals surface area (Å²) in [6.45, 7) is 2.15. The number of aromatic nitrogens is 1. The molecule has 0 bridgehead atoms. The first-order valence-electron chi connectivity index (χ1n) is 6.86. The Labute approximate surface area is 123 Å². The molecule has 5 heteroatoms. The summed E-state index contributed by atoms with van der Waals surface area (Å²) in [5, 5.41) is 9.01. The van der Waals surface area contributed by atoms with E-state index >= 15 is 0 Å². The number of aryl methyl sites for hydroxylation is 1. The summed E-state index contributed by atoms with van der Waals surface area (Å²) >= 11 is 0. The lowest BCUT2D eigenvalue weighted by molar-refractivity contribution is 0.0697. The Kier molecular flexibility index (Phi) is 4.77. The summed E-state index contributed by atoms with van der Waals surface area (Å²) in [6, 6.07) is 8.99. The number of carbonyl (C=O) groups is 1. The SMILES string of the molecule is CCCCc1ccc(Oc2nccc(C(=O)O)c2N)cc1. The molecule has 1 aromatic heterocycles. The predicted molar refractivity (Wildman–Crippen MR) is 80.7 cm³/mol. The van der Waals surface area contributed by atoms with Crippen molar-refractivity contribution in [2.24, 2.45) is 0 Å². The van der Waals surface area contributed by atoms with Crippen LogP contribution in [0.5, 0.6) is 11.6 Å². The Morgan fingerprint density at radius 1 is 1.29 bits per heavy atom. The van der Waals surface area contributed by atoms with E-state index in [1.807, 2.05) is 24.3 Å². The Balaban J connectivity index is 2.15. The van der Waals surface area contributed by atoms with Gasteiger partial charge in [-0.05, 0) is 36.6 Å². The van der Waals surface area contributed by atoms with Gasteiger partial charge in [-0.25, -0.2) is 9.78 Å². The van der Waals surface area contributed by atoms with E-state index in [-0.39, 0.29) is 17.1 Å². The van der Waals surface area contributed by atoms with E-state index in [2.05, 4.69) is 11.9 Å². The number of pyridine rings is 1. The summed E-state index contributed by atoms with van der Waals surface area (Å²) in [5.74, 6) is -0.414. The maximum Gasteiger partial charge on any atom is 0.338 e. The molecular formula is C16H18N2O3. The highest BCUT2D eigenvalue weighted by Crippen LogP contribution is 2.27. The second kappa shape index (κ2) is 6.74. The molecule has 2 aromatic rings. The quantitative estimate of drug-likeness (QED) is 0.848. The van der Waals surface area contributed by atoms with Crippen molar-refractivity contribution in [3.8, 4) is 11.6 Å². The molecule has 1 aromatic carbocycles. The van der Waals surface area contributed by atoms with Crippen LogP contribution in [-0.2, 0) is 6.42 Å². The van der Waals surface area contributed by atoms with E-state index in [0.29, 0.717) is 5.75 Å². The van der Waals surface area contributed by atoms with Gasteiger partial charge in [-0.1, -0.05) is 25.5 Å². The van der Waals surface area contributed by atoms with E-state index in [4.69, 9.17) is 15.6 Å². The lowest BCUT2D eigenvalue weighted by Crippen LogP contribution is -2.05. The van der Waals surface area contributed by atoms with Gasteiger partial charge < -0.3 is 15.6 Å². The summed E-state index contributed by atoms with van der Waals surface area (Å²) in [7, 11) is 0. The fourth-order valence-corrected chi connectivity index (χ4v) is 1.94. The largest absolute Gasteiger partial charge is 0.478 e. The monoisotopic (exact) mass is 286 g/mol. The maximum absolute atomic E-state index is 11.0. The Bertz CT molecular complexity index is 624. The number of benzene rings is 1. The highest BCUT2D eigenvalue weighted by Gasteiger charge is 2.13. The molecule has 110 valence electrons. The molecule has 0 unspecified atom stereocenters. The summed E-state index contributed by atoms with van der Waals surface area (Å²) in [4.78, 5) is 15.0. The molecule has 1 heterocycles. The third-order valence-electron chi connectivity index (χ3n) is 3.14. The lowest BCUT2D eigenvalue weighted by atomic mass is 10.1. The van der Waals surface area contributed by atoms with Crippen molar-refractivity contribution in [1.82, 2.24) is 4.98 Å². The van der Waals surface area contributed by atoms with E-state index in [1.54, 1.807) is 0 Å². The van der Waals surface area contributed by atoms with Crippen LogP contribution in [0.2, 0.25) is 0 Å². The predicted octanol–water partition coefficient (Wildman–Crippen LogP) is 3.50. The molecular weight excluding hydrogens is 268 g/mol. The number of nitrogen functional groups attached to an aromatic ring is 1. The van der Waals surface area contributed by atoms with E-state index < -0.39 is 5.97 Å². The van der Waals surface area contributed by atoms with Gasteiger partial charge in [-0.3, -0.25) is 0 Å². The molecule has 3 N–H and O–H groups in total. The maximum atomic E-state index is 11.0. The van der Waals surface area contributed by atoms with Gasteiger partial charge in [-0.2, -0.15) is 0 Å². The van der Waals surface area contributed by atoms with Crippen LogP contribution < -0.4 is 10.5 Å². The number of carboxylic acids is 1. The Morgan fingerprint density at radius 3 is 2.62 bits per heavy atom. The van der Waals surface area contributed by atoms with Gasteiger partial charge in [0.25, 0.3) is 0 Å². The fourth-order valence-electron chi connectivity index (χ4n) is 1.94. The fraction of sp³-hybridized carbons (Fsp3) is 0.250. The molecule has 0 atom stereocenters. The molecule has 21 heavy (non-hydrogen) atoms. The molecule has 0 fully saturated rings. The van der Waals surface area contributed by atoms with Gasteiger partial charge in [0.15, 0.2) is 0 Å². The van der Waals surface area contributed by atoms with Crippen LogP contribution >= 0.6 is 0 Å². The first-order valence-corrected chi connectivity index (χ1v) is 6.86. The van der Waals surface area contributed by atoms with Gasteiger partial charge in [-0.15, -0.1) is 0 Å². The molecule has 0 amide bonds. The highest BCUT2D eigenvalue weighted by atomic mass is 16.5. The number of nitrogens with zero attached hydrogens (tertiary/aromatic N) is 1. The van der Waals surface area contributed by atoms with Crippen molar-refractivity contribution < 1.29 is 14.6 Å². The van der Waals surface area contributed by atoms with Gasteiger partial charge in [0, 0.05) is 6.20 Å². The van der Waals surface area contributed by atoms with Crippen LogP contribution in [0.15, 0.2) is 36.5 Å². The van der Waals surface area contributed by atoms with Crippen molar-refractivity contribution in [2.75, 3.05) is 5.73 Å². The van der Waals surface area contributed by atoms with Crippen LogP contribution in [-0.4, -0.2) is 16.1 Å². The van der Waals surface area contributed by atoms with Crippen molar-refractivity contribution in [2.45, 2.75) is 26.2 Å². The first kappa shape index (κ1) is 14.8. The van der Waals surface area contributed by atoms with E-state index in [9.17, 15) is 4.79 Å². The first-order chi connectivity index (χ1) is 10.1. The molecule has 2 rings (SSSR count). The number of ether oxygens (including phenoxy) is 1. The van der Waals surface area contributed by atoms with Crippen LogP contribution in [0, 0.1) is 0 Å². The van der Waals surface area contributed by atoms with Gasteiger partial charge >= 0.3 is 5.97 Å². The number of rotatable bonds is 6. The third kappa shape index (κ3) is 3.72. The van der Waals surface area contributed by atoms with E-state index in [0.717, 1.165) is 19.3 Å². The van der Waals surface area contributed by atoms with Crippen molar-refractivity contribution >= 4 is 11.7 Å². The minimum Gasteiger partial charge on any atom is -0.478 e. The van der Waals surface area contributed by atoms with Crippen molar-refractivity contribution in [3.63, 3.8) is 0 Å². The molecule has 0 saturated heterocycles. The van der Waals surface area contributed by atoms with Gasteiger partial charge in [0.05, 0.1) is 5.56 Å². The number of unbranched alkanes of at least 4 members (excludes halogenated alkanes) is 1.